The minimum atomic E-state index is -5.74. The van der Waals surface area contributed by atoms with Crippen LogP contribution in [0.2, 0.25) is 0 Å². The number of hydrogen-bond acceptors (Lipinski definition) is 5. The van der Waals surface area contributed by atoms with Crippen LogP contribution in [-0.2, 0) is 14.4 Å². The number of hydrogen-bond donors (Lipinski definition) is 0. The number of benzene rings is 1. The van der Waals surface area contributed by atoms with Crippen LogP contribution in [-0.4, -0.2) is 20.3 Å². The summed E-state index contributed by atoms with van der Waals surface area (Å²) < 4.78 is 63.9. The van der Waals surface area contributed by atoms with E-state index in [0.717, 1.165) is 0 Å². The fraction of sp³-hybridized carbons (Fsp3) is 0.125. The molecule has 0 unspecified atom stereocenters. The van der Waals surface area contributed by atoms with Gasteiger partial charge in [0.15, 0.2) is 0 Å². The van der Waals surface area contributed by atoms with E-state index in [1.165, 1.54) is 24.3 Å². The number of oxime groups is 1. The second kappa shape index (κ2) is 5.04. The molecule has 0 spiro atoms. The molecular formula is C8H5F3NO4S. The van der Waals surface area contributed by atoms with Gasteiger partial charge in [-0.1, -0.05) is 12.1 Å². The van der Waals surface area contributed by atoms with Gasteiger partial charge < -0.3 is 4.74 Å². The van der Waals surface area contributed by atoms with Crippen molar-refractivity contribution in [2.45, 2.75) is 5.51 Å². The topological polar surface area (TPSA) is 65.0 Å². The molecule has 0 N–H and O–H groups in total. The SMILES string of the molecule is O=S(=O)(ON=COc1cc[c]cc1)C(F)(F)F. The van der Waals surface area contributed by atoms with Gasteiger partial charge in [0, 0.05) is 0 Å². The highest BCUT2D eigenvalue weighted by molar-refractivity contribution is 7.87. The normalized spacial score (nSPS) is 12.6. The number of ether oxygens (including phenoxy) is 1. The molecule has 1 aromatic carbocycles. The van der Waals surface area contributed by atoms with Gasteiger partial charge in [0.1, 0.15) is 5.75 Å². The molecule has 5 nitrogen and oxygen atoms in total. The third-order valence-corrected chi connectivity index (χ3v) is 2.19. The van der Waals surface area contributed by atoms with Crippen molar-refractivity contribution in [3.8, 4) is 5.75 Å². The highest BCUT2D eigenvalue weighted by Crippen LogP contribution is 2.24. The zero-order valence-electron chi connectivity index (χ0n) is 8.01. The van der Waals surface area contributed by atoms with Crippen molar-refractivity contribution in [3.05, 3.63) is 30.3 Å². The quantitative estimate of drug-likeness (QED) is 0.360. The predicted octanol–water partition coefficient (Wildman–Crippen LogP) is 1.68. The lowest BCUT2D eigenvalue weighted by Crippen LogP contribution is -2.23. The molecule has 0 amide bonds. The summed E-state index contributed by atoms with van der Waals surface area (Å²) in [6.45, 7) is 0. The standard InChI is InChI=1S/C8H5F3NO4S/c9-8(10,11)17(13,14)16-12-6-15-7-4-2-1-3-5-7/h2-6H. The molecule has 0 saturated heterocycles. The van der Waals surface area contributed by atoms with Crippen molar-refractivity contribution in [2.75, 3.05) is 0 Å². The Labute approximate surface area is 94.6 Å². The smallest absolute Gasteiger partial charge is 0.442 e. The molecule has 9 heteroatoms. The summed E-state index contributed by atoms with van der Waals surface area (Å²) in [6, 6.07) is 8.50. The first-order chi connectivity index (χ1) is 7.83. The fourth-order valence-corrected chi connectivity index (χ4v) is 0.882. The molecule has 1 radical (unpaired) electrons. The van der Waals surface area contributed by atoms with Crippen molar-refractivity contribution in [1.82, 2.24) is 0 Å². The molecule has 1 aromatic rings. The van der Waals surface area contributed by atoms with Crippen LogP contribution in [0, 0.1) is 6.07 Å². The van der Waals surface area contributed by atoms with Crippen LogP contribution in [0.25, 0.3) is 0 Å². The third kappa shape index (κ3) is 3.94. The zero-order chi connectivity index (χ0) is 12.9. The van der Waals surface area contributed by atoms with Crippen LogP contribution >= 0.6 is 0 Å². The Balaban J connectivity index is 2.53. The molecule has 0 aliphatic heterocycles. The van der Waals surface area contributed by atoms with E-state index in [9.17, 15) is 21.6 Å². The lowest BCUT2D eigenvalue weighted by Gasteiger charge is -2.03. The predicted molar refractivity (Wildman–Crippen MR) is 50.5 cm³/mol. The second-order valence-corrected chi connectivity index (χ2v) is 4.06. The largest absolute Gasteiger partial charge is 0.536 e. The van der Waals surface area contributed by atoms with E-state index in [-0.39, 0.29) is 5.75 Å². The number of rotatable bonds is 4. The van der Waals surface area contributed by atoms with Gasteiger partial charge in [-0.05, 0) is 23.4 Å². The third-order valence-electron chi connectivity index (χ3n) is 1.34. The first-order valence-electron chi connectivity index (χ1n) is 3.97. The van der Waals surface area contributed by atoms with Gasteiger partial charge in [0.2, 0.25) is 6.40 Å². The van der Waals surface area contributed by atoms with Gasteiger partial charge in [-0.25, -0.2) is 0 Å². The zero-order valence-corrected chi connectivity index (χ0v) is 8.83. The van der Waals surface area contributed by atoms with Gasteiger partial charge in [-0.3, -0.25) is 4.28 Å². The monoisotopic (exact) mass is 268 g/mol. The van der Waals surface area contributed by atoms with E-state index in [4.69, 9.17) is 0 Å². The number of alkyl halides is 3. The van der Waals surface area contributed by atoms with Gasteiger partial charge in [0.25, 0.3) is 0 Å². The number of nitrogens with zero attached hydrogens (tertiary/aromatic N) is 1. The Hall–Kier alpha value is -1.77. The summed E-state index contributed by atoms with van der Waals surface area (Å²) in [7, 11) is -5.74. The van der Waals surface area contributed by atoms with Crippen molar-refractivity contribution in [3.63, 3.8) is 0 Å². The van der Waals surface area contributed by atoms with Crippen LogP contribution in [0.15, 0.2) is 29.4 Å². The fourth-order valence-electron chi connectivity index (χ4n) is 0.649. The lowest BCUT2D eigenvalue weighted by atomic mass is 10.3. The molecule has 0 aliphatic carbocycles. The van der Waals surface area contributed by atoms with Crippen molar-refractivity contribution in [2.24, 2.45) is 5.16 Å². The summed E-state index contributed by atoms with van der Waals surface area (Å²) in [5.74, 6) is 0.237. The summed E-state index contributed by atoms with van der Waals surface area (Å²) in [4.78, 5) is 0. The minimum Gasteiger partial charge on any atom is -0.442 e. The highest BCUT2D eigenvalue weighted by Gasteiger charge is 2.48. The van der Waals surface area contributed by atoms with Crippen LogP contribution in [0.3, 0.4) is 0 Å². The van der Waals surface area contributed by atoms with E-state index in [1.54, 1.807) is 0 Å². The molecule has 0 atom stereocenters. The van der Waals surface area contributed by atoms with Crippen LogP contribution in [0.5, 0.6) is 5.75 Å². The maximum atomic E-state index is 11.8. The van der Waals surface area contributed by atoms with Crippen LogP contribution < -0.4 is 4.74 Å². The maximum absolute atomic E-state index is 11.8. The van der Waals surface area contributed by atoms with E-state index in [2.05, 4.69) is 20.2 Å². The van der Waals surface area contributed by atoms with Crippen molar-refractivity contribution < 1.29 is 30.6 Å². The molecule has 0 heterocycles. The summed E-state index contributed by atoms with van der Waals surface area (Å²) >= 11 is 0. The summed E-state index contributed by atoms with van der Waals surface area (Å²) in [5.41, 5.74) is -5.52. The molecule has 0 aliphatic rings. The summed E-state index contributed by atoms with van der Waals surface area (Å²) in [6.07, 6.45) is 0.429. The molecule has 1 rings (SSSR count). The Morgan fingerprint density at radius 2 is 1.88 bits per heavy atom. The van der Waals surface area contributed by atoms with Crippen molar-refractivity contribution in [1.29, 1.82) is 0 Å². The molecule has 93 valence electrons. The van der Waals surface area contributed by atoms with E-state index < -0.39 is 15.6 Å². The molecule has 17 heavy (non-hydrogen) atoms. The van der Waals surface area contributed by atoms with E-state index in [1.807, 2.05) is 0 Å². The first kappa shape index (κ1) is 13.3. The lowest BCUT2D eigenvalue weighted by molar-refractivity contribution is -0.0541. The van der Waals surface area contributed by atoms with E-state index in [0.29, 0.717) is 6.40 Å². The average molecular weight is 268 g/mol. The molecule has 0 saturated carbocycles. The molecule has 0 aromatic heterocycles. The molecular weight excluding hydrogens is 263 g/mol. The van der Waals surface area contributed by atoms with Gasteiger partial charge in [-0.2, -0.15) is 21.6 Å². The number of halogens is 3. The summed E-state index contributed by atoms with van der Waals surface area (Å²) in [5, 5.41) is 2.54. The van der Waals surface area contributed by atoms with E-state index >= 15 is 0 Å². The van der Waals surface area contributed by atoms with Gasteiger partial charge in [-0.15, -0.1) is 0 Å². The van der Waals surface area contributed by atoms with Crippen molar-refractivity contribution >= 4 is 16.5 Å². The first-order valence-corrected chi connectivity index (χ1v) is 5.38. The highest BCUT2D eigenvalue weighted by atomic mass is 32.2. The Morgan fingerprint density at radius 3 is 2.41 bits per heavy atom. The van der Waals surface area contributed by atoms with Crippen LogP contribution in [0.4, 0.5) is 13.2 Å². The van der Waals surface area contributed by atoms with Gasteiger partial charge >= 0.3 is 15.6 Å². The molecule has 0 bridgehead atoms. The Morgan fingerprint density at radius 1 is 1.29 bits per heavy atom. The Bertz CT molecular complexity index is 483. The van der Waals surface area contributed by atoms with Crippen LogP contribution in [0.1, 0.15) is 0 Å². The maximum Gasteiger partial charge on any atom is 0.536 e. The Kier molecular flexibility index (Phi) is 3.94. The second-order valence-electron chi connectivity index (χ2n) is 2.54. The molecule has 0 fully saturated rings. The van der Waals surface area contributed by atoms with Gasteiger partial charge in [0.05, 0.1) is 0 Å². The minimum absolute atomic E-state index is 0.237. The average Bonchev–Trinajstić information content (AvgIpc) is 2.24.